The smallest absolute Gasteiger partial charge is 0.0483 e. The van der Waals surface area contributed by atoms with Crippen molar-refractivity contribution in [1.82, 2.24) is 5.32 Å². The second-order valence-corrected chi connectivity index (χ2v) is 4.77. The number of benzene rings is 1. The van der Waals surface area contributed by atoms with Gasteiger partial charge in [0, 0.05) is 31.0 Å². The molecule has 1 aliphatic rings. The van der Waals surface area contributed by atoms with Gasteiger partial charge >= 0.3 is 0 Å². The average molecular weight is 220 g/mol. The van der Waals surface area contributed by atoms with Crippen LogP contribution in [0.5, 0.6) is 0 Å². The second-order valence-electron chi connectivity index (χ2n) is 4.77. The monoisotopic (exact) mass is 220 g/mol. The second kappa shape index (κ2) is 4.85. The van der Waals surface area contributed by atoms with Crippen LogP contribution in [0.15, 0.2) is 24.3 Å². The summed E-state index contributed by atoms with van der Waals surface area (Å²) in [6.45, 7) is 4.90. The van der Waals surface area contributed by atoms with Gasteiger partial charge in [-0.05, 0) is 37.5 Å². The Morgan fingerprint density at radius 1 is 1.25 bits per heavy atom. The van der Waals surface area contributed by atoms with Crippen molar-refractivity contribution in [2.75, 3.05) is 18.9 Å². The van der Waals surface area contributed by atoms with Crippen molar-refractivity contribution in [3.8, 4) is 0 Å². The molecule has 2 rings (SSSR count). The lowest BCUT2D eigenvalue weighted by molar-refractivity contribution is 0.0446. The van der Waals surface area contributed by atoms with Crippen LogP contribution in [0.25, 0.3) is 0 Å². The van der Waals surface area contributed by atoms with Crippen LogP contribution in [-0.2, 0) is 11.3 Å². The van der Waals surface area contributed by atoms with E-state index in [0.29, 0.717) is 0 Å². The average Bonchev–Trinajstić information content (AvgIpc) is 2.29. The maximum atomic E-state index is 5.65. The number of rotatable bonds is 3. The van der Waals surface area contributed by atoms with Crippen molar-refractivity contribution in [3.05, 3.63) is 29.8 Å². The van der Waals surface area contributed by atoms with Crippen LogP contribution >= 0.6 is 0 Å². The first-order chi connectivity index (χ1) is 7.68. The van der Waals surface area contributed by atoms with E-state index in [2.05, 4.69) is 24.4 Å². The van der Waals surface area contributed by atoms with E-state index in [1.165, 1.54) is 5.56 Å². The molecule has 3 nitrogen and oxygen atoms in total. The normalized spacial score (nSPS) is 19.6. The van der Waals surface area contributed by atoms with E-state index in [1.54, 1.807) is 0 Å². The van der Waals surface area contributed by atoms with Gasteiger partial charge in [0.15, 0.2) is 0 Å². The number of nitrogens with one attached hydrogen (secondary N) is 1. The van der Waals surface area contributed by atoms with Crippen molar-refractivity contribution in [2.45, 2.75) is 31.8 Å². The minimum absolute atomic E-state index is 0.222. The highest BCUT2D eigenvalue weighted by molar-refractivity contribution is 5.39. The lowest BCUT2D eigenvalue weighted by Gasteiger charge is -2.34. The number of ether oxygens (including phenoxy) is 1. The minimum Gasteiger partial charge on any atom is -0.399 e. The van der Waals surface area contributed by atoms with E-state index in [9.17, 15) is 0 Å². The zero-order valence-electron chi connectivity index (χ0n) is 9.83. The standard InChI is InChI=1S/C13H20N2O/c1-13(6-8-16-9-7-13)15-10-11-2-4-12(14)5-3-11/h2-5,15H,6-10,14H2,1H3. The molecule has 0 saturated carbocycles. The van der Waals surface area contributed by atoms with Gasteiger partial charge in [-0.2, -0.15) is 0 Å². The van der Waals surface area contributed by atoms with Crippen molar-refractivity contribution in [1.29, 1.82) is 0 Å². The van der Waals surface area contributed by atoms with Crippen LogP contribution < -0.4 is 11.1 Å². The molecule has 1 aromatic carbocycles. The first kappa shape index (κ1) is 11.4. The number of anilines is 1. The first-order valence-electron chi connectivity index (χ1n) is 5.85. The Balaban J connectivity index is 1.88. The number of hydrogen-bond acceptors (Lipinski definition) is 3. The van der Waals surface area contributed by atoms with Crippen molar-refractivity contribution in [2.24, 2.45) is 0 Å². The van der Waals surface area contributed by atoms with Crippen LogP contribution in [0.2, 0.25) is 0 Å². The molecule has 3 N–H and O–H groups in total. The predicted octanol–water partition coefficient (Wildman–Crippen LogP) is 1.93. The van der Waals surface area contributed by atoms with E-state index < -0.39 is 0 Å². The molecule has 3 heteroatoms. The molecular formula is C13H20N2O. The molecule has 0 atom stereocenters. The third-order valence-corrected chi connectivity index (χ3v) is 3.30. The molecule has 1 aromatic rings. The summed E-state index contributed by atoms with van der Waals surface area (Å²) in [5, 5.41) is 3.61. The van der Waals surface area contributed by atoms with Crippen molar-refractivity contribution >= 4 is 5.69 Å². The topological polar surface area (TPSA) is 47.3 Å². The van der Waals surface area contributed by atoms with Gasteiger partial charge < -0.3 is 15.8 Å². The molecule has 0 aromatic heterocycles. The Kier molecular flexibility index (Phi) is 3.46. The summed E-state index contributed by atoms with van der Waals surface area (Å²) in [5.74, 6) is 0. The molecule has 1 heterocycles. The van der Waals surface area contributed by atoms with Crippen molar-refractivity contribution in [3.63, 3.8) is 0 Å². The molecule has 1 saturated heterocycles. The van der Waals surface area contributed by atoms with E-state index >= 15 is 0 Å². The third-order valence-electron chi connectivity index (χ3n) is 3.30. The van der Waals surface area contributed by atoms with Gasteiger partial charge in [-0.1, -0.05) is 12.1 Å². The fourth-order valence-corrected chi connectivity index (χ4v) is 1.95. The molecule has 1 fully saturated rings. The van der Waals surface area contributed by atoms with Crippen LogP contribution in [-0.4, -0.2) is 18.8 Å². The summed E-state index contributed by atoms with van der Waals surface area (Å²) in [5.41, 5.74) is 7.98. The summed E-state index contributed by atoms with van der Waals surface area (Å²) >= 11 is 0. The van der Waals surface area contributed by atoms with Crippen LogP contribution in [0.4, 0.5) is 5.69 Å². The van der Waals surface area contributed by atoms with E-state index in [4.69, 9.17) is 10.5 Å². The van der Waals surface area contributed by atoms with Crippen LogP contribution in [0.1, 0.15) is 25.3 Å². The van der Waals surface area contributed by atoms with E-state index in [1.807, 2.05) is 12.1 Å². The van der Waals surface area contributed by atoms with E-state index in [-0.39, 0.29) is 5.54 Å². The Bertz CT molecular complexity index is 328. The van der Waals surface area contributed by atoms with Gasteiger partial charge in [0.2, 0.25) is 0 Å². The van der Waals surface area contributed by atoms with Crippen LogP contribution in [0.3, 0.4) is 0 Å². The highest BCUT2D eigenvalue weighted by Crippen LogP contribution is 2.20. The molecule has 0 bridgehead atoms. The SMILES string of the molecule is CC1(NCc2ccc(N)cc2)CCOCC1. The largest absolute Gasteiger partial charge is 0.399 e. The van der Waals surface area contributed by atoms with Crippen molar-refractivity contribution < 1.29 is 4.74 Å². The van der Waals surface area contributed by atoms with Gasteiger partial charge in [-0.3, -0.25) is 0 Å². The van der Waals surface area contributed by atoms with Gasteiger partial charge in [0.05, 0.1) is 0 Å². The fourth-order valence-electron chi connectivity index (χ4n) is 1.95. The Morgan fingerprint density at radius 2 is 1.88 bits per heavy atom. The number of hydrogen-bond donors (Lipinski definition) is 2. The molecule has 0 unspecified atom stereocenters. The zero-order valence-corrected chi connectivity index (χ0v) is 9.83. The molecule has 0 spiro atoms. The summed E-state index contributed by atoms with van der Waals surface area (Å²) in [7, 11) is 0. The number of nitrogens with two attached hydrogens (primary N) is 1. The maximum absolute atomic E-state index is 5.65. The summed E-state index contributed by atoms with van der Waals surface area (Å²) in [6, 6.07) is 8.04. The molecule has 0 amide bonds. The quantitative estimate of drug-likeness (QED) is 0.765. The molecule has 1 aliphatic heterocycles. The summed E-state index contributed by atoms with van der Waals surface area (Å²) in [6.07, 6.45) is 2.17. The minimum atomic E-state index is 0.222. The third kappa shape index (κ3) is 2.97. The summed E-state index contributed by atoms with van der Waals surface area (Å²) in [4.78, 5) is 0. The van der Waals surface area contributed by atoms with Gasteiger partial charge in [-0.25, -0.2) is 0 Å². The molecule has 88 valence electrons. The zero-order chi connectivity index (χ0) is 11.4. The highest BCUT2D eigenvalue weighted by atomic mass is 16.5. The molecule has 16 heavy (non-hydrogen) atoms. The Morgan fingerprint density at radius 3 is 2.50 bits per heavy atom. The van der Waals surface area contributed by atoms with Crippen LogP contribution in [0, 0.1) is 0 Å². The van der Waals surface area contributed by atoms with E-state index in [0.717, 1.165) is 38.3 Å². The Labute approximate surface area is 97.0 Å². The van der Waals surface area contributed by atoms with Gasteiger partial charge in [-0.15, -0.1) is 0 Å². The first-order valence-corrected chi connectivity index (χ1v) is 5.85. The molecule has 0 radical (unpaired) electrons. The summed E-state index contributed by atoms with van der Waals surface area (Å²) < 4.78 is 5.38. The fraction of sp³-hybridized carbons (Fsp3) is 0.538. The maximum Gasteiger partial charge on any atom is 0.0483 e. The van der Waals surface area contributed by atoms with Gasteiger partial charge in [0.25, 0.3) is 0 Å². The number of nitrogen functional groups attached to an aromatic ring is 1. The highest BCUT2D eigenvalue weighted by Gasteiger charge is 2.26. The predicted molar refractivity (Wildman–Crippen MR) is 66.2 cm³/mol. The molecular weight excluding hydrogens is 200 g/mol. The van der Waals surface area contributed by atoms with Gasteiger partial charge in [0.1, 0.15) is 0 Å². The lowest BCUT2D eigenvalue weighted by atomic mass is 9.92. The lowest BCUT2D eigenvalue weighted by Crippen LogP contribution is -2.46. The Hall–Kier alpha value is -1.06. The molecule has 0 aliphatic carbocycles.